The zero-order chi connectivity index (χ0) is 14.2. The Balaban J connectivity index is 2.78. The Bertz CT molecular complexity index is 634. The number of aromatic nitrogens is 3. The largest absolute Gasteiger partial charge is 0.478 e. The molecule has 0 spiro atoms. The fourth-order valence-electron chi connectivity index (χ4n) is 1.87. The Hall–Kier alpha value is -2.12. The van der Waals surface area contributed by atoms with Crippen LogP contribution < -0.4 is 0 Å². The van der Waals surface area contributed by atoms with Gasteiger partial charge in [0.05, 0.1) is 22.7 Å². The van der Waals surface area contributed by atoms with Gasteiger partial charge in [0, 0.05) is 12.7 Å². The van der Waals surface area contributed by atoms with Crippen molar-refractivity contribution in [3.05, 3.63) is 23.5 Å². The molecule has 2 rings (SSSR count). The van der Waals surface area contributed by atoms with Crippen molar-refractivity contribution >= 4 is 17.0 Å². The number of nitrogens with zero attached hydrogens (tertiary/aromatic N) is 3. The van der Waals surface area contributed by atoms with Gasteiger partial charge in [0.1, 0.15) is 0 Å². The summed E-state index contributed by atoms with van der Waals surface area (Å²) < 4.78 is 40.3. The lowest BCUT2D eigenvalue weighted by Gasteiger charge is -2.11. The van der Waals surface area contributed by atoms with E-state index >= 15 is 0 Å². The van der Waals surface area contributed by atoms with Crippen LogP contribution in [-0.2, 0) is 12.7 Å². The van der Waals surface area contributed by atoms with Crippen molar-refractivity contribution in [3.8, 4) is 0 Å². The summed E-state index contributed by atoms with van der Waals surface area (Å²) in [6.45, 7) is 2.27. The molecular formula is C11H10F3N3O2. The molecule has 0 fully saturated rings. The van der Waals surface area contributed by atoms with E-state index in [0.29, 0.717) is 13.0 Å². The van der Waals surface area contributed by atoms with E-state index in [1.54, 1.807) is 0 Å². The summed E-state index contributed by atoms with van der Waals surface area (Å²) in [6, 6.07) is 0. The Morgan fingerprint density at radius 2 is 2.11 bits per heavy atom. The Labute approximate surface area is 105 Å². The number of rotatable bonds is 3. The molecule has 2 heterocycles. The summed E-state index contributed by atoms with van der Waals surface area (Å²) in [6.07, 6.45) is -2.36. The molecule has 0 bridgehead atoms. The van der Waals surface area contributed by atoms with Crippen LogP contribution in [-0.4, -0.2) is 25.8 Å². The van der Waals surface area contributed by atoms with E-state index < -0.39 is 23.3 Å². The molecule has 8 heteroatoms. The highest BCUT2D eigenvalue weighted by Gasteiger charge is 2.38. The maximum Gasteiger partial charge on any atom is 0.418 e. The number of halogens is 3. The molecule has 0 saturated carbocycles. The molecule has 1 N–H and O–H groups in total. The topological polar surface area (TPSA) is 68.0 Å². The van der Waals surface area contributed by atoms with Gasteiger partial charge in [-0.3, -0.25) is 0 Å². The highest BCUT2D eigenvalue weighted by atomic mass is 19.4. The van der Waals surface area contributed by atoms with E-state index in [9.17, 15) is 18.0 Å². The first kappa shape index (κ1) is 13.3. The number of fused-ring (bicyclic) bond motifs is 1. The smallest absolute Gasteiger partial charge is 0.418 e. The van der Waals surface area contributed by atoms with Crippen LogP contribution in [0.15, 0.2) is 12.4 Å². The fourth-order valence-corrected chi connectivity index (χ4v) is 1.87. The zero-order valence-corrected chi connectivity index (χ0v) is 9.90. The van der Waals surface area contributed by atoms with Crippen LogP contribution in [0.25, 0.3) is 11.0 Å². The number of hydrogen-bond donors (Lipinski definition) is 1. The fraction of sp³-hybridized carbons (Fsp3) is 0.364. The minimum absolute atomic E-state index is 0.0409. The SMILES string of the molecule is CCCn1ncc2c(C(F)(F)F)c(C(=O)O)cnc21. The van der Waals surface area contributed by atoms with Crippen LogP contribution in [0, 0.1) is 0 Å². The van der Waals surface area contributed by atoms with Crippen molar-refractivity contribution in [2.24, 2.45) is 0 Å². The molecule has 0 aliphatic rings. The van der Waals surface area contributed by atoms with Gasteiger partial charge in [-0.25, -0.2) is 14.5 Å². The Morgan fingerprint density at radius 3 is 2.63 bits per heavy atom. The van der Waals surface area contributed by atoms with E-state index in [4.69, 9.17) is 5.11 Å². The van der Waals surface area contributed by atoms with Gasteiger partial charge in [0.2, 0.25) is 0 Å². The first-order valence-corrected chi connectivity index (χ1v) is 5.51. The third-order valence-electron chi connectivity index (χ3n) is 2.62. The maximum atomic E-state index is 13.0. The molecule has 102 valence electrons. The van der Waals surface area contributed by atoms with Gasteiger partial charge in [-0.05, 0) is 6.42 Å². The lowest BCUT2D eigenvalue weighted by Crippen LogP contribution is -2.14. The van der Waals surface area contributed by atoms with Gasteiger partial charge in [0.25, 0.3) is 0 Å². The number of carboxylic acid groups (broad SMARTS) is 1. The highest BCUT2D eigenvalue weighted by Crippen LogP contribution is 2.36. The van der Waals surface area contributed by atoms with Gasteiger partial charge < -0.3 is 5.11 Å². The van der Waals surface area contributed by atoms with Gasteiger partial charge in [-0.1, -0.05) is 6.92 Å². The van der Waals surface area contributed by atoms with Crippen LogP contribution in [0.2, 0.25) is 0 Å². The predicted molar refractivity (Wildman–Crippen MR) is 59.8 cm³/mol. The molecule has 0 radical (unpaired) electrons. The molecule has 0 amide bonds. The lowest BCUT2D eigenvalue weighted by molar-refractivity contribution is -0.136. The van der Waals surface area contributed by atoms with Crippen molar-refractivity contribution in [2.75, 3.05) is 0 Å². The number of alkyl halides is 3. The molecule has 19 heavy (non-hydrogen) atoms. The second kappa shape index (κ2) is 4.52. The van der Waals surface area contributed by atoms with Crippen LogP contribution in [0.3, 0.4) is 0 Å². The summed E-state index contributed by atoms with van der Waals surface area (Å²) in [7, 11) is 0. The number of carboxylic acids is 1. The molecule has 0 saturated heterocycles. The molecule has 5 nitrogen and oxygen atoms in total. The summed E-state index contributed by atoms with van der Waals surface area (Å²) in [5, 5.41) is 12.4. The molecule has 0 aliphatic carbocycles. The summed E-state index contributed by atoms with van der Waals surface area (Å²) in [5.41, 5.74) is -2.03. The minimum atomic E-state index is -4.77. The number of aromatic carboxylic acids is 1. The standard InChI is InChI=1S/C11H10F3N3O2/c1-2-3-17-9-6(5-16-17)8(11(12,13)14)7(4-15-9)10(18)19/h4-5H,2-3H2,1H3,(H,18,19). The van der Waals surface area contributed by atoms with E-state index in [0.717, 1.165) is 12.4 Å². The second-order valence-corrected chi connectivity index (χ2v) is 3.95. The van der Waals surface area contributed by atoms with Gasteiger partial charge in [-0.15, -0.1) is 0 Å². The first-order valence-electron chi connectivity index (χ1n) is 5.51. The van der Waals surface area contributed by atoms with Crippen molar-refractivity contribution in [1.82, 2.24) is 14.8 Å². The van der Waals surface area contributed by atoms with Gasteiger partial charge in [0.15, 0.2) is 5.65 Å². The molecule has 2 aromatic heterocycles. The average Bonchev–Trinajstić information content (AvgIpc) is 2.70. The highest BCUT2D eigenvalue weighted by molar-refractivity contribution is 5.95. The van der Waals surface area contributed by atoms with Crippen LogP contribution >= 0.6 is 0 Å². The normalized spacial score (nSPS) is 12.0. The summed E-state index contributed by atoms with van der Waals surface area (Å²) >= 11 is 0. The third kappa shape index (κ3) is 2.25. The Morgan fingerprint density at radius 1 is 1.42 bits per heavy atom. The van der Waals surface area contributed by atoms with Crippen LogP contribution in [0.4, 0.5) is 13.2 Å². The molecule has 0 atom stereocenters. The molecular weight excluding hydrogens is 263 g/mol. The number of aryl methyl sites for hydroxylation is 1. The van der Waals surface area contributed by atoms with Crippen LogP contribution in [0.5, 0.6) is 0 Å². The lowest BCUT2D eigenvalue weighted by atomic mass is 10.1. The maximum absolute atomic E-state index is 13.0. The quantitative estimate of drug-likeness (QED) is 0.933. The summed E-state index contributed by atoms with van der Waals surface area (Å²) in [5.74, 6) is -1.66. The Kier molecular flexibility index (Phi) is 3.17. The number of carbonyl (C=O) groups is 1. The van der Waals surface area contributed by atoms with E-state index in [1.807, 2.05) is 6.92 Å². The predicted octanol–water partition coefficient (Wildman–Crippen LogP) is 2.56. The molecule has 2 aromatic rings. The second-order valence-electron chi connectivity index (χ2n) is 3.95. The van der Waals surface area contributed by atoms with Crippen LogP contribution in [0.1, 0.15) is 29.3 Å². The van der Waals surface area contributed by atoms with Crippen molar-refractivity contribution in [2.45, 2.75) is 26.1 Å². The summed E-state index contributed by atoms with van der Waals surface area (Å²) in [4.78, 5) is 14.7. The number of pyridine rings is 1. The van der Waals surface area contributed by atoms with E-state index in [1.165, 1.54) is 4.68 Å². The van der Waals surface area contributed by atoms with E-state index in [-0.39, 0.29) is 11.0 Å². The molecule has 0 unspecified atom stereocenters. The third-order valence-corrected chi connectivity index (χ3v) is 2.62. The van der Waals surface area contributed by atoms with Gasteiger partial charge in [-0.2, -0.15) is 18.3 Å². The van der Waals surface area contributed by atoms with Crippen molar-refractivity contribution < 1.29 is 23.1 Å². The minimum Gasteiger partial charge on any atom is -0.478 e. The molecule has 0 aliphatic heterocycles. The molecule has 0 aromatic carbocycles. The average molecular weight is 273 g/mol. The van der Waals surface area contributed by atoms with Crippen molar-refractivity contribution in [1.29, 1.82) is 0 Å². The monoisotopic (exact) mass is 273 g/mol. The van der Waals surface area contributed by atoms with Gasteiger partial charge >= 0.3 is 12.1 Å². The first-order chi connectivity index (χ1) is 8.86. The van der Waals surface area contributed by atoms with E-state index in [2.05, 4.69) is 10.1 Å². The zero-order valence-electron chi connectivity index (χ0n) is 9.90. The number of hydrogen-bond acceptors (Lipinski definition) is 3. The van der Waals surface area contributed by atoms with Crippen molar-refractivity contribution in [3.63, 3.8) is 0 Å².